The second kappa shape index (κ2) is 4.61. The van der Waals surface area contributed by atoms with Gasteiger partial charge in [-0.3, -0.25) is 9.59 Å². The van der Waals surface area contributed by atoms with E-state index in [0.29, 0.717) is 19.4 Å². The van der Waals surface area contributed by atoms with E-state index in [9.17, 15) is 9.59 Å². The number of hydrogen-bond donors (Lipinski definition) is 2. The van der Waals surface area contributed by atoms with Crippen molar-refractivity contribution in [2.75, 3.05) is 6.54 Å². The molecule has 2 amide bonds. The van der Waals surface area contributed by atoms with Gasteiger partial charge in [0.05, 0.1) is 12.1 Å². The van der Waals surface area contributed by atoms with Crippen molar-refractivity contribution >= 4 is 11.8 Å². The van der Waals surface area contributed by atoms with E-state index in [1.54, 1.807) is 6.92 Å². The Kier molecular flexibility index (Phi) is 3.46. The van der Waals surface area contributed by atoms with Crippen LogP contribution in [-0.2, 0) is 9.59 Å². The summed E-state index contributed by atoms with van der Waals surface area (Å²) in [5.41, 5.74) is 0. The third-order valence-corrected chi connectivity index (χ3v) is 2.20. The van der Waals surface area contributed by atoms with Crippen molar-refractivity contribution in [1.82, 2.24) is 10.6 Å². The van der Waals surface area contributed by atoms with E-state index in [-0.39, 0.29) is 17.9 Å². The Morgan fingerprint density at radius 2 is 2.57 bits per heavy atom. The second-order valence-electron chi connectivity index (χ2n) is 3.30. The first-order valence-corrected chi connectivity index (χ1v) is 4.64. The van der Waals surface area contributed by atoms with Crippen LogP contribution in [0.4, 0.5) is 0 Å². The molecule has 0 aliphatic carbocycles. The second-order valence-corrected chi connectivity index (χ2v) is 3.30. The van der Waals surface area contributed by atoms with Gasteiger partial charge in [0.1, 0.15) is 5.92 Å². The fourth-order valence-electron chi connectivity index (χ4n) is 1.34. The molecule has 5 nitrogen and oxygen atoms in total. The van der Waals surface area contributed by atoms with Gasteiger partial charge in [-0.2, -0.15) is 5.26 Å². The first-order chi connectivity index (χ1) is 6.67. The molecule has 1 heterocycles. The molecule has 0 spiro atoms. The number of carbonyl (C=O) groups is 2. The predicted octanol–water partition coefficient (Wildman–Crippen LogP) is -0.459. The first-order valence-electron chi connectivity index (χ1n) is 4.64. The van der Waals surface area contributed by atoms with Gasteiger partial charge in [-0.1, -0.05) is 6.92 Å². The fourth-order valence-corrected chi connectivity index (χ4v) is 1.34. The van der Waals surface area contributed by atoms with E-state index >= 15 is 0 Å². The number of rotatable bonds is 3. The maximum atomic E-state index is 11.4. The van der Waals surface area contributed by atoms with Crippen LogP contribution in [0, 0.1) is 17.2 Å². The molecule has 5 heteroatoms. The van der Waals surface area contributed by atoms with Gasteiger partial charge in [-0.15, -0.1) is 0 Å². The normalized spacial score (nSPS) is 22.3. The lowest BCUT2D eigenvalue weighted by molar-refractivity contribution is -0.124. The molecule has 1 aliphatic rings. The molecule has 0 bridgehead atoms. The lowest BCUT2D eigenvalue weighted by atomic mass is 10.1. The maximum Gasteiger partial charge on any atom is 0.237 e. The van der Waals surface area contributed by atoms with Crippen LogP contribution in [0.25, 0.3) is 0 Å². The first kappa shape index (κ1) is 10.5. The average Bonchev–Trinajstić information content (AvgIpc) is 2.53. The van der Waals surface area contributed by atoms with E-state index in [2.05, 4.69) is 10.6 Å². The molecule has 1 saturated heterocycles. The summed E-state index contributed by atoms with van der Waals surface area (Å²) in [5.74, 6) is -0.942. The Hall–Kier alpha value is -1.57. The molecule has 76 valence electrons. The van der Waals surface area contributed by atoms with Crippen LogP contribution in [0.1, 0.15) is 19.8 Å². The van der Waals surface area contributed by atoms with Crippen LogP contribution in [0.5, 0.6) is 0 Å². The standard InChI is InChI=1S/C9H13N3O2/c1-2-6(4-10)9(14)12-7-3-8(13)11-5-7/h6-7H,2-3,5H2,1H3,(H,11,13)(H,12,14). The molecule has 1 rings (SSSR count). The van der Waals surface area contributed by atoms with Gasteiger partial charge in [0, 0.05) is 13.0 Å². The number of amides is 2. The Morgan fingerprint density at radius 3 is 3.00 bits per heavy atom. The number of carbonyl (C=O) groups excluding carboxylic acids is 2. The Balaban J connectivity index is 2.41. The molecule has 1 fully saturated rings. The fraction of sp³-hybridized carbons (Fsp3) is 0.667. The zero-order chi connectivity index (χ0) is 10.6. The summed E-state index contributed by atoms with van der Waals surface area (Å²) >= 11 is 0. The van der Waals surface area contributed by atoms with Gasteiger partial charge in [0.15, 0.2) is 0 Å². The predicted molar refractivity (Wildman–Crippen MR) is 49.0 cm³/mol. The molecule has 0 saturated carbocycles. The van der Waals surface area contributed by atoms with Crippen molar-refractivity contribution in [2.45, 2.75) is 25.8 Å². The van der Waals surface area contributed by atoms with Gasteiger partial charge >= 0.3 is 0 Å². The summed E-state index contributed by atoms with van der Waals surface area (Å²) in [7, 11) is 0. The van der Waals surface area contributed by atoms with Crippen LogP contribution in [0.15, 0.2) is 0 Å². The van der Waals surface area contributed by atoms with Crippen molar-refractivity contribution in [2.24, 2.45) is 5.92 Å². The highest BCUT2D eigenvalue weighted by Crippen LogP contribution is 2.04. The largest absolute Gasteiger partial charge is 0.354 e. The van der Waals surface area contributed by atoms with Crippen LogP contribution in [0.3, 0.4) is 0 Å². The lowest BCUT2D eigenvalue weighted by Gasteiger charge is -2.12. The van der Waals surface area contributed by atoms with E-state index in [1.165, 1.54) is 0 Å². The molecule has 0 aromatic carbocycles. The van der Waals surface area contributed by atoms with Crippen LogP contribution in [-0.4, -0.2) is 24.4 Å². The van der Waals surface area contributed by atoms with Gasteiger partial charge in [0.25, 0.3) is 0 Å². The number of nitrogens with zero attached hydrogens (tertiary/aromatic N) is 1. The minimum Gasteiger partial charge on any atom is -0.354 e. The average molecular weight is 195 g/mol. The molecule has 2 unspecified atom stereocenters. The van der Waals surface area contributed by atoms with Crippen LogP contribution < -0.4 is 10.6 Å². The number of nitrogens with one attached hydrogen (secondary N) is 2. The highest BCUT2D eigenvalue weighted by Gasteiger charge is 2.25. The maximum absolute atomic E-state index is 11.4. The summed E-state index contributed by atoms with van der Waals surface area (Å²) in [6.07, 6.45) is 0.810. The van der Waals surface area contributed by atoms with E-state index in [0.717, 1.165) is 0 Å². The quantitative estimate of drug-likeness (QED) is 0.639. The zero-order valence-corrected chi connectivity index (χ0v) is 8.04. The number of nitriles is 1. The van der Waals surface area contributed by atoms with Crippen molar-refractivity contribution in [1.29, 1.82) is 5.26 Å². The third-order valence-electron chi connectivity index (χ3n) is 2.20. The van der Waals surface area contributed by atoms with Crippen molar-refractivity contribution in [3.8, 4) is 6.07 Å². The summed E-state index contributed by atoms with van der Waals surface area (Å²) in [6, 6.07) is 1.76. The molecule has 1 aliphatic heterocycles. The third kappa shape index (κ3) is 2.46. The Labute approximate surface area is 82.5 Å². The van der Waals surface area contributed by atoms with E-state index in [1.807, 2.05) is 6.07 Å². The summed E-state index contributed by atoms with van der Waals surface area (Å²) in [6.45, 7) is 2.25. The highest BCUT2D eigenvalue weighted by atomic mass is 16.2. The minimum absolute atomic E-state index is 0.0553. The zero-order valence-electron chi connectivity index (χ0n) is 8.04. The van der Waals surface area contributed by atoms with Gasteiger partial charge < -0.3 is 10.6 Å². The molecule has 0 aromatic rings. The molecule has 2 N–H and O–H groups in total. The molecule has 0 aromatic heterocycles. The monoisotopic (exact) mass is 195 g/mol. The molecule has 2 atom stereocenters. The smallest absolute Gasteiger partial charge is 0.237 e. The van der Waals surface area contributed by atoms with Gasteiger partial charge in [-0.05, 0) is 6.42 Å². The van der Waals surface area contributed by atoms with Gasteiger partial charge in [0.2, 0.25) is 11.8 Å². The minimum atomic E-state index is -0.606. The summed E-state index contributed by atoms with van der Waals surface area (Å²) < 4.78 is 0. The number of hydrogen-bond acceptors (Lipinski definition) is 3. The highest BCUT2D eigenvalue weighted by molar-refractivity contribution is 5.84. The summed E-state index contributed by atoms with van der Waals surface area (Å²) in [5, 5.41) is 13.9. The Morgan fingerprint density at radius 1 is 1.86 bits per heavy atom. The summed E-state index contributed by atoms with van der Waals surface area (Å²) in [4.78, 5) is 22.2. The van der Waals surface area contributed by atoms with E-state index < -0.39 is 5.92 Å². The molecular formula is C9H13N3O2. The molecule has 0 radical (unpaired) electrons. The molecular weight excluding hydrogens is 182 g/mol. The topological polar surface area (TPSA) is 82.0 Å². The van der Waals surface area contributed by atoms with Gasteiger partial charge in [-0.25, -0.2) is 0 Å². The molecule has 14 heavy (non-hydrogen) atoms. The van der Waals surface area contributed by atoms with Crippen molar-refractivity contribution < 1.29 is 9.59 Å². The Bertz CT molecular complexity index is 282. The van der Waals surface area contributed by atoms with Crippen LogP contribution in [0.2, 0.25) is 0 Å². The van der Waals surface area contributed by atoms with E-state index in [4.69, 9.17) is 5.26 Å². The van der Waals surface area contributed by atoms with Crippen molar-refractivity contribution in [3.05, 3.63) is 0 Å². The van der Waals surface area contributed by atoms with Crippen LogP contribution >= 0.6 is 0 Å². The lowest BCUT2D eigenvalue weighted by Crippen LogP contribution is -2.39. The van der Waals surface area contributed by atoms with Crippen molar-refractivity contribution in [3.63, 3.8) is 0 Å². The SMILES string of the molecule is CCC(C#N)C(=O)NC1CNC(=O)C1.